The number of hydrogen-bond acceptors (Lipinski definition) is 2. The number of benzene rings is 5. The monoisotopic (exact) mass is 452 g/mol. The van der Waals surface area contributed by atoms with Crippen molar-refractivity contribution in [2.24, 2.45) is 0 Å². The summed E-state index contributed by atoms with van der Waals surface area (Å²) in [5.41, 5.74) is 1.81. The van der Waals surface area contributed by atoms with Crippen LogP contribution in [-0.2, 0) is 6.54 Å². The lowest BCUT2D eigenvalue weighted by molar-refractivity contribution is -0.683. The summed E-state index contributed by atoms with van der Waals surface area (Å²) in [6.45, 7) is 0.0820. The summed E-state index contributed by atoms with van der Waals surface area (Å²) < 4.78 is 1.80. The summed E-state index contributed by atoms with van der Waals surface area (Å²) in [7, 11) is 0. The summed E-state index contributed by atoms with van der Waals surface area (Å²) in [6, 6.07) is 37.1. The minimum Gasteiger partial charge on any atom is -0.287 e. The number of hydrogen-bond donors (Lipinski definition) is 0. The molecule has 35 heavy (non-hydrogen) atoms. The van der Waals surface area contributed by atoms with Crippen molar-refractivity contribution in [1.82, 2.24) is 0 Å². The highest BCUT2D eigenvalue weighted by molar-refractivity contribution is 6.26. The molecule has 166 valence electrons. The van der Waals surface area contributed by atoms with Gasteiger partial charge >= 0.3 is 0 Å². The van der Waals surface area contributed by atoms with Crippen LogP contribution in [0.25, 0.3) is 32.3 Å². The molecule has 0 aliphatic rings. The van der Waals surface area contributed by atoms with Crippen molar-refractivity contribution < 1.29 is 14.2 Å². The second kappa shape index (κ2) is 8.62. The molecular formula is C32H22NO2+. The van der Waals surface area contributed by atoms with Crippen LogP contribution in [0.15, 0.2) is 121 Å². The molecular weight excluding hydrogens is 430 g/mol. The molecule has 6 aromatic rings. The zero-order valence-electron chi connectivity index (χ0n) is 19.0. The van der Waals surface area contributed by atoms with Gasteiger partial charge in [-0.05, 0) is 39.1 Å². The maximum atomic E-state index is 14.5. The van der Waals surface area contributed by atoms with Crippen molar-refractivity contribution in [3.63, 3.8) is 0 Å². The molecule has 1 heterocycles. The predicted molar refractivity (Wildman–Crippen MR) is 140 cm³/mol. The van der Waals surface area contributed by atoms with Crippen LogP contribution in [-0.4, -0.2) is 11.6 Å². The first kappa shape index (κ1) is 20.9. The van der Waals surface area contributed by atoms with Crippen LogP contribution in [0.3, 0.4) is 0 Å². The van der Waals surface area contributed by atoms with Gasteiger partial charge in [-0.1, -0.05) is 97.1 Å². The molecule has 3 heteroatoms. The summed E-state index contributed by atoms with van der Waals surface area (Å²) in [6.07, 6.45) is 1.85. The van der Waals surface area contributed by atoms with Crippen LogP contribution in [0.1, 0.15) is 26.4 Å². The van der Waals surface area contributed by atoms with Gasteiger partial charge in [-0.25, -0.2) is 0 Å². The van der Waals surface area contributed by atoms with Crippen molar-refractivity contribution in [2.45, 2.75) is 6.54 Å². The van der Waals surface area contributed by atoms with E-state index in [2.05, 4.69) is 6.07 Å². The number of carbonyl (C=O) groups is 2. The van der Waals surface area contributed by atoms with Crippen LogP contribution in [0, 0.1) is 0 Å². The molecule has 0 aliphatic carbocycles. The molecule has 0 aliphatic heterocycles. The lowest BCUT2D eigenvalue weighted by atomic mass is 9.91. The van der Waals surface area contributed by atoms with Gasteiger partial charge in [0.15, 0.2) is 6.20 Å². The smallest absolute Gasteiger partial charge is 0.262 e. The fourth-order valence-electron chi connectivity index (χ4n) is 4.89. The van der Waals surface area contributed by atoms with Crippen LogP contribution in [0.4, 0.5) is 0 Å². The van der Waals surface area contributed by atoms with Gasteiger partial charge in [-0.2, -0.15) is 4.57 Å². The number of rotatable bonds is 5. The molecule has 0 unspecified atom stereocenters. The number of carbonyl (C=O) groups excluding carboxylic acids is 2. The summed E-state index contributed by atoms with van der Waals surface area (Å²) in [4.78, 5) is 27.6. The van der Waals surface area contributed by atoms with Crippen molar-refractivity contribution in [3.05, 3.63) is 138 Å². The Bertz CT molecular complexity index is 1700. The fraction of sp³-hybridized carbons (Fsp3) is 0.0312. The Labute approximate surface area is 202 Å². The molecule has 0 radical (unpaired) electrons. The van der Waals surface area contributed by atoms with E-state index in [1.807, 2.05) is 115 Å². The zero-order valence-corrected chi connectivity index (χ0v) is 19.0. The van der Waals surface area contributed by atoms with Gasteiger partial charge in [0.05, 0.1) is 5.39 Å². The molecule has 0 spiro atoms. The number of fused-ring (bicyclic) bond motifs is 3. The molecule has 0 saturated heterocycles. The summed E-state index contributed by atoms with van der Waals surface area (Å²) in [5.74, 6) is -0.127. The van der Waals surface area contributed by atoms with Crippen LogP contribution in [0.5, 0.6) is 0 Å². The quantitative estimate of drug-likeness (QED) is 0.169. The van der Waals surface area contributed by atoms with Crippen LogP contribution in [0.2, 0.25) is 0 Å². The third-order valence-corrected chi connectivity index (χ3v) is 6.56. The van der Waals surface area contributed by atoms with Gasteiger partial charge in [-0.3, -0.25) is 9.59 Å². The highest BCUT2D eigenvalue weighted by Gasteiger charge is 2.29. The molecule has 0 amide bonds. The Kier molecular flexibility index (Phi) is 5.16. The predicted octanol–water partition coefficient (Wildman–Crippen LogP) is 6.55. The maximum absolute atomic E-state index is 14.5. The molecule has 3 nitrogen and oxygen atoms in total. The number of pyridine rings is 1. The highest BCUT2D eigenvalue weighted by Crippen LogP contribution is 2.31. The lowest BCUT2D eigenvalue weighted by Crippen LogP contribution is -2.44. The topological polar surface area (TPSA) is 38.0 Å². The van der Waals surface area contributed by atoms with Crippen molar-refractivity contribution >= 4 is 43.9 Å². The Balaban J connectivity index is 1.61. The molecule has 5 aromatic carbocycles. The van der Waals surface area contributed by atoms with Gasteiger partial charge in [0, 0.05) is 17.2 Å². The third kappa shape index (κ3) is 3.68. The first-order valence-corrected chi connectivity index (χ1v) is 11.7. The van der Waals surface area contributed by atoms with E-state index in [9.17, 15) is 9.59 Å². The van der Waals surface area contributed by atoms with E-state index in [-0.39, 0.29) is 18.1 Å². The van der Waals surface area contributed by atoms with E-state index < -0.39 is 0 Å². The minimum absolute atomic E-state index is 0.0392. The minimum atomic E-state index is -0.0874. The van der Waals surface area contributed by atoms with Gasteiger partial charge in [-0.15, -0.1) is 0 Å². The number of Topliss-reactive ketones (excluding diaryl/α,β-unsaturated/α-hetero) is 1. The second-order valence-electron chi connectivity index (χ2n) is 8.69. The van der Waals surface area contributed by atoms with E-state index in [1.54, 1.807) is 4.57 Å². The van der Waals surface area contributed by atoms with E-state index in [0.29, 0.717) is 16.8 Å². The van der Waals surface area contributed by atoms with Gasteiger partial charge in [0.1, 0.15) is 0 Å². The number of aromatic nitrogens is 1. The largest absolute Gasteiger partial charge is 0.287 e. The number of nitrogens with zero attached hydrogens (tertiary/aromatic N) is 1. The average Bonchev–Trinajstić information content (AvgIpc) is 2.91. The maximum Gasteiger partial charge on any atom is 0.262 e. The van der Waals surface area contributed by atoms with Crippen molar-refractivity contribution in [2.75, 3.05) is 0 Å². The first-order valence-electron chi connectivity index (χ1n) is 11.7. The average molecular weight is 453 g/mol. The van der Waals surface area contributed by atoms with E-state index in [1.165, 1.54) is 0 Å². The highest BCUT2D eigenvalue weighted by atomic mass is 16.1. The fourth-order valence-corrected chi connectivity index (χ4v) is 4.89. The summed E-state index contributed by atoms with van der Waals surface area (Å²) in [5, 5.41) is 5.64. The van der Waals surface area contributed by atoms with E-state index in [4.69, 9.17) is 0 Å². The molecule has 1 aromatic heterocycles. The molecule has 0 saturated carbocycles. The van der Waals surface area contributed by atoms with Gasteiger partial charge < -0.3 is 0 Å². The lowest BCUT2D eigenvalue weighted by Gasteiger charge is -2.12. The van der Waals surface area contributed by atoms with Crippen LogP contribution >= 0.6 is 0 Å². The third-order valence-electron chi connectivity index (χ3n) is 6.56. The van der Waals surface area contributed by atoms with E-state index >= 15 is 0 Å². The molecule has 0 N–H and O–H groups in total. The Morgan fingerprint density at radius 1 is 0.571 bits per heavy atom. The summed E-state index contributed by atoms with van der Waals surface area (Å²) >= 11 is 0. The Hall–Kier alpha value is -4.63. The Morgan fingerprint density at radius 2 is 1.11 bits per heavy atom. The van der Waals surface area contributed by atoms with Gasteiger partial charge in [0.2, 0.25) is 12.3 Å². The zero-order chi connectivity index (χ0) is 23.8. The standard InChI is InChI=1S/C32H22NO2/c34-29(23-11-2-1-3-12-23)21-33-19-18-22-10-4-9-17-28(22)31(33)32(35)30-26-15-7-5-13-24(26)20-25-14-6-8-16-27(25)30/h1-20H,21H2/q+1. The van der Waals surface area contributed by atoms with Gasteiger partial charge in [0.25, 0.3) is 11.5 Å². The van der Waals surface area contributed by atoms with E-state index in [0.717, 1.165) is 32.3 Å². The second-order valence-corrected chi connectivity index (χ2v) is 8.69. The first-order chi connectivity index (χ1) is 17.2. The van der Waals surface area contributed by atoms with Crippen molar-refractivity contribution in [1.29, 1.82) is 0 Å². The molecule has 0 fully saturated rings. The molecule has 0 bridgehead atoms. The van der Waals surface area contributed by atoms with Crippen molar-refractivity contribution in [3.8, 4) is 0 Å². The Morgan fingerprint density at radius 3 is 1.77 bits per heavy atom. The van der Waals surface area contributed by atoms with Crippen LogP contribution < -0.4 is 4.57 Å². The number of ketones is 2. The molecule has 6 rings (SSSR count). The normalized spacial score (nSPS) is 11.2. The molecule has 0 atom stereocenters. The SMILES string of the molecule is O=C(C[n+]1ccc2ccccc2c1C(=O)c1c2ccccc2cc2ccccc12)c1ccccc1.